The van der Waals surface area contributed by atoms with Crippen molar-refractivity contribution in [1.82, 2.24) is 9.47 Å². The van der Waals surface area contributed by atoms with E-state index in [0.29, 0.717) is 16.0 Å². The van der Waals surface area contributed by atoms with E-state index in [2.05, 4.69) is 18.4 Å². The number of rotatable bonds is 4. The topological polar surface area (TPSA) is 42.3 Å². The van der Waals surface area contributed by atoms with Crippen LogP contribution in [0.25, 0.3) is 6.08 Å². The molecule has 2 heterocycles. The Morgan fingerprint density at radius 3 is 2.62 bits per heavy atom. The lowest BCUT2D eigenvalue weighted by Crippen LogP contribution is -2.27. The van der Waals surface area contributed by atoms with Gasteiger partial charge in [-0.25, -0.2) is 0 Å². The van der Waals surface area contributed by atoms with Gasteiger partial charge < -0.3 is 4.57 Å². The summed E-state index contributed by atoms with van der Waals surface area (Å²) in [5.74, 6) is -0.276. The molecule has 0 radical (unpaired) electrons. The normalized spacial score (nSPS) is 16.7. The predicted octanol–water partition coefficient (Wildman–Crippen LogP) is 4.96. The SMILES string of the molecule is CC(C)n1ccc(/C=C2/SC(=O)N(Cc3ccccc3Cl)C2=O)c1. The second kappa shape index (κ2) is 6.87. The maximum Gasteiger partial charge on any atom is 0.293 e. The molecule has 24 heavy (non-hydrogen) atoms. The number of thioether (sulfide) groups is 1. The largest absolute Gasteiger partial charge is 0.351 e. The van der Waals surface area contributed by atoms with Crippen LogP contribution >= 0.6 is 23.4 Å². The molecule has 0 unspecified atom stereocenters. The number of amides is 2. The molecule has 4 nitrogen and oxygen atoms in total. The molecule has 0 atom stereocenters. The van der Waals surface area contributed by atoms with Crippen molar-refractivity contribution in [2.45, 2.75) is 26.4 Å². The monoisotopic (exact) mass is 360 g/mol. The van der Waals surface area contributed by atoms with Crippen molar-refractivity contribution in [2.75, 3.05) is 0 Å². The fraction of sp³-hybridized carbons (Fsp3) is 0.222. The Hall–Kier alpha value is -1.98. The molecule has 124 valence electrons. The summed E-state index contributed by atoms with van der Waals surface area (Å²) < 4.78 is 2.06. The zero-order valence-corrected chi connectivity index (χ0v) is 15.0. The Morgan fingerprint density at radius 1 is 1.21 bits per heavy atom. The first-order valence-corrected chi connectivity index (χ1v) is 8.81. The smallest absolute Gasteiger partial charge is 0.293 e. The van der Waals surface area contributed by atoms with E-state index in [4.69, 9.17) is 11.6 Å². The van der Waals surface area contributed by atoms with Gasteiger partial charge >= 0.3 is 0 Å². The highest BCUT2D eigenvalue weighted by Gasteiger charge is 2.35. The van der Waals surface area contributed by atoms with E-state index in [1.54, 1.807) is 12.1 Å². The lowest BCUT2D eigenvalue weighted by atomic mass is 10.2. The summed E-state index contributed by atoms with van der Waals surface area (Å²) in [5.41, 5.74) is 1.67. The molecular weight excluding hydrogens is 344 g/mol. The van der Waals surface area contributed by atoms with E-state index in [9.17, 15) is 9.59 Å². The number of carbonyl (C=O) groups is 2. The first kappa shape index (κ1) is 16.9. The van der Waals surface area contributed by atoms with E-state index in [-0.39, 0.29) is 17.7 Å². The van der Waals surface area contributed by atoms with Crippen molar-refractivity contribution >= 4 is 40.6 Å². The molecule has 0 N–H and O–H groups in total. The first-order valence-electron chi connectivity index (χ1n) is 7.62. The number of imide groups is 1. The molecule has 1 fully saturated rings. The Bertz CT molecular complexity index is 826. The molecule has 0 aliphatic carbocycles. The highest BCUT2D eigenvalue weighted by atomic mass is 35.5. The van der Waals surface area contributed by atoms with Gasteiger partial charge in [0.15, 0.2) is 0 Å². The van der Waals surface area contributed by atoms with Crippen LogP contribution < -0.4 is 0 Å². The van der Waals surface area contributed by atoms with Gasteiger partial charge in [0.25, 0.3) is 11.1 Å². The molecule has 1 saturated heterocycles. The molecule has 1 aliphatic heterocycles. The van der Waals surface area contributed by atoms with E-state index in [1.807, 2.05) is 36.7 Å². The van der Waals surface area contributed by atoms with Crippen molar-refractivity contribution in [3.8, 4) is 0 Å². The van der Waals surface area contributed by atoms with Gasteiger partial charge in [0.05, 0.1) is 11.4 Å². The van der Waals surface area contributed by atoms with Gasteiger partial charge in [-0.2, -0.15) is 0 Å². The van der Waals surface area contributed by atoms with Crippen LogP contribution in [0.2, 0.25) is 5.02 Å². The van der Waals surface area contributed by atoms with Gasteiger partial charge in [-0.15, -0.1) is 0 Å². The molecule has 1 aliphatic rings. The Kier molecular flexibility index (Phi) is 4.83. The zero-order chi connectivity index (χ0) is 17.3. The summed E-state index contributed by atoms with van der Waals surface area (Å²) >= 11 is 7.09. The Labute approximate surface area is 150 Å². The van der Waals surface area contributed by atoms with Crippen molar-refractivity contribution < 1.29 is 9.59 Å². The fourth-order valence-electron chi connectivity index (χ4n) is 2.42. The number of hydrogen-bond donors (Lipinski definition) is 0. The van der Waals surface area contributed by atoms with Gasteiger partial charge in [0.2, 0.25) is 0 Å². The minimum atomic E-state index is -0.276. The second-order valence-electron chi connectivity index (χ2n) is 5.85. The van der Waals surface area contributed by atoms with Gasteiger partial charge in [-0.3, -0.25) is 14.5 Å². The van der Waals surface area contributed by atoms with Gasteiger partial charge in [-0.05, 0) is 54.9 Å². The van der Waals surface area contributed by atoms with Crippen molar-refractivity contribution in [2.24, 2.45) is 0 Å². The number of nitrogens with zero attached hydrogens (tertiary/aromatic N) is 2. The number of aromatic nitrogens is 1. The maximum absolute atomic E-state index is 12.5. The van der Waals surface area contributed by atoms with Crippen LogP contribution in [0.4, 0.5) is 4.79 Å². The standard InChI is InChI=1S/C18H17ClN2O2S/c1-12(2)20-8-7-13(10-20)9-16-17(22)21(18(23)24-16)11-14-5-3-4-6-15(14)19/h3-10,12H,11H2,1-2H3/b16-9+. The molecule has 0 spiro atoms. The Balaban J connectivity index is 1.80. The average molecular weight is 361 g/mol. The highest BCUT2D eigenvalue weighted by Crippen LogP contribution is 2.34. The quantitative estimate of drug-likeness (QED) is 0.724. The van der Waals surface area contributed by atoms with Crippen LogP contribution in [0.3, 0.4) is 0 Å². The van der Waals surface area contributed by atoms with Crippen LogP contribution in [-0.2, 0) is 11.3 Å². The maximum atomic E-state index is 12.5. The van der Waals surface area contributed by atoms with E-state index in [1.165, 1.54) is 4.90 Å². The van der Waals surface area contributed by atoms with E-state index >= 15 is 0 Å². The molecule has 1 aromatic carbocycles. The third kappa shape index (κ3) is 3.42. The molecule has 2 aromatic rings. The molecular formula is C18H17ClN2O2S. The molecule has 2 amide bonds. The number of halogens is 1. The third-order valence-corrected chi connectivity index (χ3v) is 5.07. The summed E-state index contributed by atoms with van der Waals surface area (Å²) in [6.07, 6.45) is 5.69. The van der Waals surface area contributed by atoms with Gasteiger partial charge in [-0.1, -0.05) is 29.8 Å². The van der Waals surface area contributed by atoms with Crippen molar-refractivity contribution in [3.05, 3.63) is 63.8 Å². The summed E-state index contributed by atoms with van der Waals surface area (Å²) in [6.45, 7) is 4.36. The summed E-state index contributed by atoms with van der Waals surface area (Å²) in [6, 6.07) is 9.51. The number of benzene rings is 1. The zero-order valence-electron chi connectivity index (χ0n) is 13.4. The first-order chi connectivity index (χ1) is 11.5. The van der Waals surface area contributed by atoms with Gasteiger partial charge in [0, 0.05) is 23.5 Å². The Morgan fingerprint density at radius 2 is 1.96 bits per heavy atom. The van der Waals surface area contributed by atoms with Crippen LogP contribution in [0.15, 0.2) is 47.6 Å². The second-order valence-corrected chi connectivity index (χ2v) is 7.25. The summed E-state index contributed by atoms with van der Waals surface area (Å²) in [4.78, 5) is 26.4. The molecule has 6 heteroatoms. The van der Waals surface area contributed by atoms with Gasteiger partial charge in [0.1, 0.15) is 0 Å². The molecule has 3 rings (SSSR count). The predicted molar refractivity (Wildman–Crippen MR) is 97.8 cm³/mol. The van der Waals surface area contributed by atoms with E-state index < -0.39 is 0 Å². The molecule has 0 saturated carbocycles. The minimum Gasteiger partial charge on any atom is -0.351 e. The van der Waals surface area contributed by atoms with Crippen LogP contribution in [-0.4, -0.2) is 20.6 Å². The van der Waals surface area contributed by atoms with Crippen LogP contribution in [0, 0.1) is 0 Å². The molecule has 1 aromatic heterocycles. The summed E-state index contributed by atoms with van der Waals surface area (Å²) in [5, 5.41) is 0.281. The van der Waals surface area contributed by atoms with Crippen LogP contribution in [0.1, 0.15) is 31.0 Å². The lowest BCUT2D eigenvalue weighted by Gasteiger charge is -2.13. The summed E-state index contributed by atoms with van der Waals surface area (Å²) in [7, 11) is 0. The average Bonchev–Trinajstić information content (AvgIpc) is 3.10. The fourth-order valence-corrected chi connectivity index (χ4v) is 3.46. The minimum absolute atomic E-state index is 0.189. The lowest BCUT2D eigenvalue weighted by molar-refractivity contribution is -0.123. The molecule has 0 bridgehead atoms. The highest BCUT2D eigenvalue weighted by molar-refractivity contribution is 8.18. The third-order valence-electron chi connectivity index (χ3n) is 3.79. The van der Waals surface area contributed by atoms with Crippen molar-refractivity contribution in [1.29, 1.82) is 0 Å². The van der Waals surface area contributed by atoms with E-state index in [0.717, 1.165) is 22.9 Å². The van der Waals surface area contributed by atoms with Crippen LogP contribution in [0.5, 0.6) is 0 Å². The number of hydrogen-bond acceptors (Lipinski definition) is 3. The number of carbonyl (C=O) groups excluding carboxylic acids is 2. The van der Waals surface area contributed by atoms with Crippen molar-refractivity contribution in [3.63, 3.8) is 0 Å².